The van der Waals surface area contributed by atoms with Gasteiger partial charge in [-0.25, -0.2) is 4.39 Å². The molecule has 0 spiro atoms. The van der Waals surface area contributed by atoms with Gasteiger partial charge >= 0.3 is 0 Å². The smallest absolute Gasteiger partial charge is 0.128 e. The number of pyridine rings is 1. The molecule has 1 aromatic carbocycles. The molecule has 0 amide bonds. The largest absolute Gasteiger partial charge is 0.496 e. The van der Waals surface area contributed by atoms with Crippen LogP contribution in [0.4, 0.5) is 4.39 Å². The Morgan fingerprint density at radius 1 is 1.15 bits per heavy atom. The Hall–Kier alpha value is -1.98. The van der Waals surface area contributed by atoms with E-state index in [2.05, 4.69) is 16.8 Å². The summed E-state index contributed by atoms with van der Waals surface area (Å²) in [5.74, 6) is 0.704. The summed E-state index contributed by atoms with van der Waals surface area (Å²) < 4.78 is 24.3. The lowest BCUT2D eigenvalue weighted by Gasteiger charge is -2.34. The van der Waals surface area contributed by atoms with Gasteiger partial charge in [-0.1, -0.05) is 12.1 Å². The van der Waals surface area contributed by atoms with Crippen LogP contribution in [-0.4, -0.2) is 36.2 Å². The van der Waals surface area contributed by atoms with Crippen molar-refractivity contribution in [3.05, 3.63) is 58.7 Å². The molecular formula is C21H27FN2O2. The first-order chi connectivity index (χ1) is 12.6. The molecule has 0 saturated carbocycles. The first-order valence-corrected chi connectivity index (χ1v) is 9.13. The Morgan fingerprint density at radius 2 is 1.85 bits per heavy atom. The highest BCUT2D eigenvalue weighted by atomic mass is 19.1. The highest BCUT2D eigenvalue weighted by molar-refractivity contribution is 5.41. The van der Waals surface area contributed by atoms with E-state index in [9.17, 15) is 4.39 Å². The van der Waals surface area contributed by atoms with E-state index >= 15 is 0 Å². The van der Waals surface area contributed by atoms with Crippen LogP contribution in [-0.2, 0) is 17.8 Å². The molecule has 0 unspecified atom stereocenters. The van der Waals surface area contributed by atoms with Crippen LogP contribution in [0.25, 0.3) is 0 Å². The van der Waals surface area contributed by atoms with E-state index in [1.54, 1.807) is 7.11 Å². The number of aryl methyl sites for hydroxylation is 1. The normalized spacial score (nSPS) is 15.4. The van der Waals surface area contributed by atoms with Gasteiger partial charge in [0, 0.05) is 49.7 Å². The van der Waals surface area contributed by atoms with Crippen molar-refractivity contribution in [2.24, 2.45) is 0 Å². The molecule has 0 N–H and O–H groups in total. The summed E-state index contributed by atoms with van der Waals surface area (Å²) in [6.07, 6.45) is 3.88. The molecule has 140 valence electrons. The van der Waals surface area contributed by atoms with E-state index in [0.717, 1.165) is 67.3 Å². The van der Waals surface area contributed by atoms with Crippen molar-refractivity contribution < 1.29 is 13.9 Å². The van der Waals surface area contributed by atoms with Gasteiger partial charge in [0.1, 0.15) is 11.6 Å². The maximum atomic E-state index is 13.2. The molecule has 1 fully saturated rings. The molecule has 1 aliphatic heterocycles. The number of halogens is 1. The number of benzene rings is 1. The van der Waals surface area contributed by atoms with Gasteiger partial charge in [-0.2, -0.15) is 0 Å². The van der Waals surface area contributed by atoms with E-state index in [-0.39, 0.29) is 5.82 Å². The molecule has 26 heavy (non-hydrogen) atoms. The quantitative estimate of drug-likeness (QED) is 0.781. The molecule has 0 aliphatic carbocycles. The topological polar surface area (TPSA) is 34.6 Å². The molecule has 1 saturated heterocycles. The third-order valence-electron chi connectivity index (χ3n) is 5.11. The second-order valence-corrected chi connectivity index (χ2v) is 6.92. The minimum absolute atomic E-state index is 0.202. The second-order valence-electron chi connectivity index (χ2n) is 6.92. The van der Waals surface area contributed by atoms with Crippen LogP contribution >= 0.6 is 0 Å². The molecule has 4 nitrogen and oxygen atoms in total. The lowest BCUT2D eigenvalue weighted by Crippen LogP contribution is -2.39. The average Bonchev–Trinajstić information content (AvgIpc) is 2.66. The number of methoxy groups -OCH3 is 1. The fraction of sp³-hybridized carbons (Fsp3) is 0.476. The summed E-state index contributed by atoms with van der Waals surface area (Å²) in [5.41, 5.74) is 4.27. The highest BCUT2D eigenvalue weighted by Gasteiger charge is 2.23. The van der Waals surface area contributed by atoms with Crippen molar-refractivity contribution >= 4 is 0 Å². The van der Waals surface area contributed by atoms with Crippen LogP contribution in [0.3, 0.4) is 0 Å². The van der Waals surface area contributed by atoms with Crippen LogP contribution in [0.5, 0.6) is 5.75 Å². The van der Waals surface area contributed by atoms with Crippen molar-refractivity contribution in [1.82, 2.24) is 9.88 Å². The number of ether oxygens (including phenoxy) is 2. The summed E-state index contributed by atoms with van der Waals surface area (Å²) in [6.45, 7) is 7.15. The molecule has 1 aromatic heterocycles. The van der Waals surface area contributed by atoms with Crippen molar-refractivity contribution in [1.29, 1.82) is 0 Å². The molecule has 0 atom stereocenters. The Labute approximate surface area is 155 Å². The van der Waals surface area contributed by atoms with Gasteiger partial charge in [-0.05, 0) is 44.4 Å². The first-order valence-electron chi connectivity index (χ1n) is 9.13. The van der Waals surface area contributed by atoms with Crippen LogP contribution in [0, 0.1) is 19.7 Å². The fourth-order valence-electron chi connectivity index (χ4n) is 3.61. The second kappa shape index (κ2) is 8.60. The minimum Gasteiger partial charge on any atom is -0.496 e. The molecular weight excluding hydrogens is 331 g/mol. The number of aromatic nitrogens is 1. The molecule has 3 rings (SSSR count). The fourth-order valence-corrected chi connectivity index (χ4v) is 3.61. The van der Waals surface area contributed by atoms with Gasteiger partial charge in [0.25, 0.3) is 0 Å². The molecule has 5 heteroatoms. The molecule has 0 radical (unpaired) electrons. The lowest BCUT2D eigenvalue weighted by molar-refractivity contribution is 0.0271. The van der Waals surface area contributed by atoms with Gasteiger partial charge in [0.2, 0.25) is 0 Å². The van der Waals surface area contributed by atoms with Gasteiger partial charge < -0.3 is 9.47 Å². The van der Waals surface area contributed by atoms with E-state index in [1.165, 1.54) is 12.1 Å². The van der Waals surface area contributed by atoms with E-state index in [1.807, 2.05) is 25.3 Å². The third-order valence-corrected chi connectivity index (χ3v) is 5.11. The summed E-state index contributed by atoms with van der Waals surface area (Å²) in [5, 5.41) is 0. The van der Waals surface area contributed by atoms with E-state index < -0.39 is 0 Å². The van der Waals surface area contributed by atoms with Crippen LogP contribution < -0.4 is 4.74 Å². The van der Waals surface area contributed by atoms with E-state index in [4.69, 9.17) is 9.47 Å². The van der Waals surface area contributed by atoms with Crippen LogP contribution in [0.1, 0.15) is 35.2 Å². The van der Waals surface area contributed by atoms with Gasteiger partial charge in [-0.15, -0.1) is 0 Å². The summed E-state index contributed by atoms with van der Waals surface area (Å²) in [4.78, 5) is 7.09. The standard InChI is InChI=1S/C21H27FN2O2/c1-15-12-23-20(16(2)21(15)25-3)14-24(19-8-10-26-11-9-19)13-17-4-6-18(22)7-5-17/h4-7,12,19H,8-11,13-14H2,1-3H3. The van der Waals surface area contributed by atoms with Crippen LogP contribution in [0.2, 0.25) is 0 Å². The van der Waals surface area contributed by atoms with Crippen molar-refractivity contribution in [2.45, 2.75) is 45.8 Å². The van der Waals surface area contributed by atoms with Gasteiger partial charge in [0.05, 0.1) is 12.8 Å². The lowest BCUT2D eigenvalue weighted by atomic mass is 10.0. The average molecular weight is 358 g/mol. The Bertz CT molecular complexity index is 728. The zero-order valence-electron chi connectivity index (χ0n) is 15.8. The zero-order valence-corrected chi connectivity index (χ0v) is 15.8. The van der Waals surface area contributed by atoms with Gasteiger partial charge in [0.15, 0.2) is 0 Å². The molecule has 2 aromatic rings. The maximum absolute atomic E-state index is 13.2. The minimum atomic E-state index is -0.202. The monoisotopic (exact) mass is 358 g/mol. The molecule has 0 bridgehead atoms. The van der Waals surface area contributed by atoms with Crippen LogP contribution in [0.15, 0.2) is 30.5 Å². The predicted octanol–water partition coefficient (Wildman–Crippen LogP) is 4.03. The van der Waals surface area contributed by atoms with Crippen molar-refractivity contribution in [3.8, 4) is 5.75 Å². The third kappa shape index (κ3) is 4.40. The summed E-state index contributed by atoms with van der Waals surface area (Å²) >= 11 is 0. The summed E-state index contributed by atoms with van der Waals surface area (Å²) in [6, 6.07) is 7.20. The number of rotatable bonds is 6. The highest BCUT2D eigenvalue weighted by Crippen LogP contribution is 2.27. The number of nitrogens with zero attached hydrogens (tertiary/aromatic N) is 2. The first kappa shape index (κ1) is 18.8. The zero-order chi connectivity index (χ0) is 18.5. The Kier molecular flexibility index (Phi) is 6.22. The molecule has 1 aliphatic rings. The SMILES string of the molecule is COc1c(C)cnc(CN(Cc2ccc(F)cc2)C2CCOCC2)c1C. The number of hydrogen-bond donors (Lipinski definition) is 0. The predicted molar refractivity (Wildman–Crippen MR) is 99.8 cm³/mol. The number of hydrogen-bond acceptors (Lipinski definition) is 4. The maximum Gasteiger partial charge on any atom is 0.128 e. The van der Waals surface area contributed by atoms with Gasteiger partial charge in [-0.3, -0.25) is 9.88 Å². The molecule has 2 heterocycles. The van der Waals surface area contributed by atoms with Crippen molar-refractivity contribution in [3.63, 3.8) is 0 Å². The summed E-state index contributed by atoms with van der Waals surface area (Å²) in [7, 11) is 1.70. The Balaban J connectivity index is 1.84. The van der Waals surface area contributed by atoms with E-state index in [0.29, 0.717) is 6.04 Å². The Morgan fingerprint density at radius 3 is 2.50 bits per heavy atom. The van der Waals surface area contributed by atoms with Crippen molar-refractivity contribution in [2.75, 3.05) is 20.3 Å².